The van der Waals surface area contributed by atoms with Crippen LogP contribution in [-0.4, -0.2) is 22.4 Å². The molecule has 2 fully saturated rings. The quantitative estimate of drug-likeness (QED) is 0.896. The third-order valence-electron chi connectivity index (χ3n) is 5.34. The minimum absolute atomic E-state index is 0.127. The van der Waals surface area contributed by atoms with Gasteiger partial charge in [-0.2, -0.15) is 0 Å². The number of fused-ring (bicyclic) bond motifs is 1. The normalized spacial score (nSPS) is 27.1. The summed E-state index contributed by atoms with van der Waals surface area (Å²) in [5.41, 5.74) is 6.92. The molecular weight excluding hydrogens is 276 g/mol. The van der Waals surface area contributed by atoms with Crippen LogP contribution in [-0.2, 0) is 0 Å². The van der Waals surface area contributed by atoms with E-state index >= 15 is 0 Å². The molecule has 0 bridgehead atoms. The van der Waals surface area contributed by atoms with Gasteiger partial charge in [0.2, 0.25) is 5.95 Å². The van der Waals surface area contributed by atoms with E-state index in [0.717, 1.165) is 24.1 Å². The zero-order valence-electron chi connectivity index (χ0n) is 13.5. The van der Waals surface area contributed by atoms with E-state index in [9.17, 15) is 4.79 Å². The van der Waals surface area contributed by atoms with Gasteiger partial charge in [-0.05, 0) is 49.0 Å². The molecule has 0 aromatic carbocycles. The highest BCUT2D eigenvalue weighted by Gasteiger charge is 2.38. The second kappa shape index (κ2) is 6.23. The van der Waals surface area contributed by atoms with Crippen LogP contribution in [0.5, 0.6) is 0 Å². The lowest BCUT2D eigenvalue weighted by Gasteiger charge is -2.19. The maximum atomic E-state index is 12.4. The molecule has 2 aliphatic carbocycles. The maximum Gasteiger partial charge on any atom is 0.270 e. The molecule has 0 aliphatic heterocycles. The van der Waals surface area contributed by atoms with Crippen molar-refractivity contribution in [2.24, 2.45) is 17.8 Å². The lowest BCUT2D eigenvalue weighted by molar-refractivity contribution is 0.0938. The van der Waals surface area contributed by atoms with Crippen molar-refractivity contribution in [3.63, 3.8) is 0 Å². The second-order valence-electron chi connectivity index (χ2n) is 7.09. The summed E-state index contributed by atoms with van der Waals surface area (Å²) < 4.78 is 0. The van der Waals surface area contributed by atoms with Gasteiger partial charge < -0.3 is 11.1 Å². The first-order valence-corrected chi connectivity index (χ1v) is 8.47. The molecule has 0 spiro atoms. The Hall–Kier alpha value is -1.65. The summed E-state index contributed by atoms with van der Waals surface area (Å²) in [6.45, 7) is 4.82. The van der Waals surface area contributed by atoms with Crippen molar-refractivity contribution in [2.45, 2.75) is 51.9 Å². The molecular formula is C17H26N4O. The Balaban J connectivity index is 1.62. The number of rotatable bonds is 4. The SMILES string of the molecule is CC(C)c1cc(C(=O)NC[C@H]2CC[C@@H]3CCC[C@@H]32)nc(N)n1. The number of nitrogens with zero attached hydrogens (tertiary/aromatic N) is 2. The minimum atomic E-state index is -0.127. The number of hydrogen-bond acceptors (Lipinski definition) is 4. The van der Waals surface area contributed by atoms with E-state index < -0.39 is 0 Å². The van der Waals surface area contributed by atoms with Crippen LogP contribution in [0.2, 0.25) is 0 Å². The summed E-state index contributed by atoms with van der Waals surface area (Å²) >= 11 is 0. The van der Waals surface area contributed by atoms with E-state index in [-0.39, 0.29) is 17.8 Å². The molecule has 0 unspecified atom stereocenters. The van der Waals surface area contributed by atoms with Crippen LogP contribution >= 0.6 is 0 Å². The molecule has 120 valence electrons. The summed E-state index contributed by atoms with van der Waals surface area (Å²) in [4.78, 5) is 20.6. The molecule has 5 heteroatoms. The molecule has 1 aromatic rings. The first-order chi connectivity index (χ1) is 10.5. The molecule has 3 rings (SSSR count). The molecule has 22 heavy (non-hydrogen) atoms. The van der Waals surface area contributed by atoms with E-state index in [1.807, 2.05) is 13.8 Å². The number of nitrogens with one attached hydrogen (secondary N) is 1. The zero-order valence-corrected chi connectivity index (χ0v) is 13.5. The van der Waals surface area contributed by atoms with Gasteiger partial charge in [-0.3, -0.25) is 4.79 Å². The fraction of sp³-hybridized carbons (Fsp3) is 0.706. The Labute approximate surface area is 132 Å². The van der Waals surface area contributed by atoms with Crippen LogP contribution < -0.4 is 11.1 Å². The molecule has 3 atom stereocenters. The molecule has 2 saturated carbocycles. The number of anilines is 1. The fourth-order valence-electron chi connectivity index (χ4n) is 4.15. The molecule has 5 nitrogen and oxygen atoms in total. The van der Waals surface area contributed by atoms with Crippen molar-refractivity contribution < 1.29 is 4.79 Å². The predicted octanol–water partition coefficient (Wildman–Crippen LogP) is 2.74. The average Bonchev–Trinajstić information content (AvgIpc) is 3.07. The van der Waals surface area contributed by atoms with Gasteiger partial charge in [-0.1, -0.05) is 26.7 Å². The first-order valence-electron chi connectivity index (χ1n) is 8.47. The highest BCUT2D eigenvalue weighted by atomic mass is 16.1. The van der Waals surface area contributed by atoms with Crippen LogP contribution in [0.1, 0.15) is 68.1 Å². The van der Waals surface area contributed by atoms with Crippen molar-refractivity contribution in [1.82, 2.24) is 15.3 Å². The van der Waals surface area contributed by atoms with Crippen LogP contribution in [0.3, 0.4) is 0 Å². The minimum Gasteiger partial charge on any atom is -0.368 e. The van der Waals surface area contributed by atoms with Gasteiger partial charge >= 0.3 is 0 Å². The van der Waals surface area contributed by atoms with Gasteiger partial charge in [-0.15, -0.1) is 0 Å². The molecule has 2 aliphatic rings. The Morgan fingerprint density at radius 2 is 2.14 bits per heavy atom. The summed E-state index contributed by atoms with van der Waals surface area (Å²) in [5.74, 6) is 2.64. The van der Waals surface area contributed by atoms with Gasteiger partial charge in [0.25, 0.3) is 5.91 Å². The largest absolute Gasteiger partial charge is 0.368 e. The Morgan fingerprint density at radius 1 is 1.32 bits per heavy atom. The highest BCUT2D eigenvalue weighted by Crippen LogP contribution is 2.47. The lowest BCUT2D eigenvalue weighted by Crippen LogP contribution is -2.32. The molecule has 0 saturated heterocycles. The summed E-state index contributed by atoms with van der Waals surface area (Å²) in [7, 11) is 0. The number of amides is 1. The summed E-state index contributed by atoms with van der Waals surface area (Å²) in [6.07, 6.45) is 6.67. The van der Waals surface area contributed by atoms with Crippen molar-refractivity contribution >= 4 is 11.9 Å². The number of hydrogen-bond donors (Lipinski definition) is 2. The third kappa shape index (κ3) is 3.08. The Bertz CT molecular complexity index is 558. The maximum absolute atomic E-state index is 12.4. The van der Waals surface area contributed by atoms with Crippen molar-refractivity contribution in [3.8, 4) is 0 Å². The van der Waals surface area contributed by atoms with Crippen LogP contribution in [0, 0.1) is 17.8 Å². The monoisotopic (exact) mass is 302 g/mol. The van der Waals surface area contributed by atoms with Gasteiger partial charge in [0.05, 0.1) is 0 Å². The third-order valence-corrected chi connectivity index (χ3v) is 5.34. The van der Waals surface area contributed by atoms with E-state index in [4.69, 9.17) is 5.73 Å². The smallest absolute Gasteiger partial charge is 0.270 e. The van der Waals surface area contributed by atoms with Crippen LogP contribution in [0.4, 0.5) is 5.95 Å². The fourth-order valence-corrected chi connectivity index (χ4v) is 4.15. The van der Waals surface area contributed by atoms with Gasteiger partial charge in [-0.25, -0.2) is 9.97 Å². The zero-order chi connectivity index (χ0) is 15.7. The number of carbonyl (C=O) groups excluding carboxylic acids is 1. The Morgan fingerprint density at radius 3 is 2.91 bits per heavy atom. The van der Waals surface area contributed by atoms with Crippen molar-refractivity contribution in [2.75, 3.05) is 12.3 Å². The van der Waals surface area contributed by atoms with Gasteiger partial charge in [0, 0.05) is 12.2 Å². The lowest BCUT2D eigenvalue weighted by atomic mass is 9.92. The molecule has 3 N–H and O–H groups in total. The van der Waals surface area contributed by atoms with E-state index in [1.54, 1.807) is 6.07 Å². The van der Waals surface area contributed by atoms with Crippen molar-refractivity contribution in [3.05, 3.63) is 17.5 Å². The van der Waals surface area contributed by atoms with Gasteiger partial charge in [0.15, 0.2) is 0 Å². The topological polar surface area (TPSA) is 80.9 Å². The number of aromatic nitrogens is 2. The molecule has 1 amide bonds. The molecule has 0 radical (unpaired) electrons. The average molecular weight is 302 g/mol. The first kappa shape index (κ1) is 15.3. The standard InChI is InChI=1S/C17H26N4O/c1-10(2)14-8-15(21-17(18)20-14)16(22)19-9-12-7-6-11-4-3-5-13(11)12/h8,10-13H,3-7,9H2,1-2H3,(H,19,22)(H2,18,20,21)/t11-,12+,13-/m0/s1. The van der Waals surface area contributed by atoms with E-state index in [1.165, 1.54) is 32.1 Å². The van der Waals surface area contributed by atoms with Crippen LogP contribution in [0.25, 0.3) is 0 Å². The molecule has 1 aromatic heterocycles. The Kier molecular flexibility index (Phi) is 4.32. The van der Waals surface area contributed by atoms with Crippen LogP contribution in [0.15, 0.2) is 6.07 Å². The highest BCUT2D eigenvalue weighted by molar-refractivity contribution is 5.92. The van der Waals surface area contributed by atoms with Gasteiger partial charge in [0.1, 0.15) is 5.69 Å². The number of nitrogen functional groups attached to an aromatic ring is 1. The van der Waals surface area contributed by atoms with E-state index in [0.29, 0.717) is 11.6 Å². The van der Waals surface area contributed by atoms with E-state index in [2.05, 4.69) is 15.3 Å². The number of carbonyl (C=O) groups is 1. The number of nitrogens with two attached hydrogens (primary N) is 1. The van der Waals surface area contributed by atoms with Crippen molar-refractivity contribution in [1.29, 1.82) is 0 Å². The molecule has 1 heterocycles. The second-order valence-corrected chi connectivity index (χ2v) is 7.09. The predicted molar refractivity (Wildman–Crippen MR) is 86.4 cm³/mol. The summed E-state index contributed by atoms with van der Waals surface area (Å²) in [6, 6.07) is 1.75. The summed E-state index contributed by atoms with van der Waals surface area (Å²) in [5, 5.41) is 3.06.